The molecule has 0 bridgehead atoms. The molecule has 0 unspecified atom stereocenters. The molecule has 0 spiro atoms. The molecule has 2 heterocycles. The Morgan fingerprint density at radius 1 is 1.22 bits per heavy atom. The molecular formula is C17H21ClN2O3. The van der Waals surface area contributed by atoms with Crippen LogP contribution in [0.1, 0.15) is 25.7 Å². The number of rotatable bonds is 4. The normalized spacial score (nSPS) is 22.4. The number of hydrogen-bond donors (Lipinski definition) is 1. The molecule has 6 heteroatoms. The quantitative estimate of drug-likeness (QED) is 0.918. The lowest BCUT2D eigenvalue weighted by atomic mass is 10.0. The molecule has 2 aliphatic rings. The van der Waals surface area contributed by atoms with Crippen molar-refractivity contribution in [3.8, 4) is 0 Å². The maximum absolute atomic E-state index is 12.5. The summed E-state index contributed by atoms with van der Waals surface area (Å²) in [5, 5.41) is 3.62. The van der Waals surface area contributed by atoms with Gasteiger partial charge in [0.15, 0.2) is 0 Å². The average molecular weight is 337 g/mol. The van der Waals surface area contributed by atoms with E-state index in [1.807, 2.05) is 0 Å². The topological polar surface area (TPSA) is 58.6 Å². The Morgan fingerprint density at radius 3 is 2.61 bits per heavy atom. The molecule has 0 aromatic heterocycles. The highest BCUT2D eigenvalue weighted by Gasteiger charge is 2.37. The number of carbonyl (C=O) groups is 2. The lowest BCUT2D eigenvalue weighted by Crippen LogP contribution is -2.46. The SMILES string of the molecule is O=C(NCC1CCOCC1)[C@@H]1CCC(=O)N1c1ccc(Cl)cc1. The third-order valence-corrected chi connectivity index (χ3v) is 4.78. The average Bonchev–Trinajstić information content (AvgIpc) is 2.96. The Kier molecular flexibility index (Phi) is 5.18. The molecule has 1 aromatic carbocycles. The molecule has 5 nitrogen and oxygen atoms in total. The fraction of sp³-hybridized carbons (Fsp3) is 0.529. The predicted molar refractivity (Wildman–Crippen MR) is 88.5 cm³/mol. The Hall–Kier alpha value is -1.59. The maximum Gasteiger partial charge on any atom is 0.243 e. The van der Waals surface area contributed by atoms with E-state index in [2.05, 4.69) is 5.32 Å². The molecule has 2 fully saturated rings. The van der Waals surface area contributed by atoms with E-state index in [0.29, 0.717) is 30.3 Å². The summed E-state index contributed by atoms with van der Waals surface area (Å²) in [6.07, 6.45) is 2.91. The van der Waals surface area contributed by atoms with E-state index in [-0.39, 0.29) is 11.8 Å². The van der Waals surface area contributed by atoms with E-state index in [4.69, 9.17) is 16.3 Å². The molecule has 0 saturated carbocycles. The summed E-state index contributed by atoms with van der Waals surface area (Å²) in [5.74, 6) is 0.379. The van der Waals surface area contributed by atoms with Crippen molar-refractivity contribution in [3.63, 3.8) is 0 Å². The van der Waals surface area contributed by atoms with Gasteiger partial charge in [-0.25, -0.2) is 0 Å². The van der Waals surface area contributed by atoms with E-state index < -0.39 is 6.04 Å². The van der Waals surface area contributed by atoms with Crippen LogP contribution in [0.5, 0.6) is 0 Å². The van der Waals surface area contributed by atoms with Crippen LogP contribution in [0.15, 0.2) is 24.3 Å². The van der Waals surface area contributed by atoms with Crippen molar-refractivity contribution in [2.24, 2.45) is 5.92 Å². The van der Waals surface area contributed by atoms with Crippen LogP contribution in [0.2, 0.25) is 5.02 Å². The number of benzene rings is 1. The van der Waals surface area contributed by atoms with Crippen LogP contribution in [-0.2, 0) is 14.3 Å². The molecule has 23 heavy (non-hydrogen) atoms. The van der Waals surface area contributed by atoms with Gasteiger partial charge in [0.1, 0.15) is 6.04 Å². The highest BCUT2D eigenvalue weighted by Crippen LogP contribution is 2.28. The Bertz CT molecular complexity index is 570. The molecule has 1 aromatic rings. The first-order valence-corrected chi connectivity index (χ1v) is 8.46. The molecular weight excluding hydrogens is 316 g/mol. The zero-order valence-corrected chi connectivity index (χ0v) is 13.7. The summed E-state index contributed by atoms with van der Waals surface area (Å²) in [6.45, 7) is 2.18. The molecule has 124 valence electrons. The molecule has 0 aliphatic carbocycles. The lowest BCUT2D eigenvalue weighted by Gasteiger charge is -2.26. The minimum atomic E-state index is -0.427. The van der Waals surface area contributed by atoms with Gasteiger partial charge in [0.25, 0.3) is 0 Å². The molecule has 2 amide bonds. The zero-order valence-electron chi connectivity index (χ0n) is 13.0. The molecule has 2 aliphatic heterocycles. The lowest BCUT2D eigenvalue weighted by molar-refractivity contribution is -0.124. The summed E-state index contributed by atoms with van der Waals surface area (Å²) < 4.78 is 5.33. The first-order valence-electron chi connectivity index (χ1n) is 8.08. The van der Waals surface area contributed by atoms with Gasteiger partial charge in [-0.1, -0.05) is 11.6 Å². The van der Waals surface area contributed by atoms with Gasteiger partial charge < -0.3 is 10.1 Å². The number of nitrogens with one attached hydrogen (secondary N) is 1. The molecule has 0 radical (unpaired) electrons. The van der Waals surface area contributed by atoms with E-state index in [1.165, 1.54) is 0 Å². The highest BCUT2D eigenvalue weighted by atomic mass is 35.5. The number of hydrogen-bond acceptors (Lipinski definition) is 3. The Morgan fingerprint density at radius 2 is 1.91 bits per heavy atom. The summed E-state index contributed by atoms with van der Waals surface area (Å²) in [4.78, 5) is 26.3. The van der Waals surface area contributed by atoms with Crippen molar-refractivity contribution in [1.29, 1.82) is 0 Å². The summed E-state index contributed by atoms with van der Waals surface area (Å²) in [6, 6.07) is 6.61. The van der Waals surface area contributed by atoms with Crippen LogP contribution < -0.4 is 10.2 Å². The predicted octanol–water partition coefficient (Wildman–Crippen LogP) is 2.38. The fourth-order valence-corrected chi connectivity index (χ4v) is 3.30. The Labute approximate surface area is 140 Å². The van der Waals surface area contributed by atoms with E-state index in [1.54, 1.807) is 29.2 Å². The van der Waals surface area contributed by atoms with Crippen LogP contribution in [-0.4, -0.2) is 37.6 Å². The number of amides is 2. The summed E-state index contributed by atoms with van der Waals surface area (Å²) in [7, 11) is 0. The third kappa shape index (κ3) is 3.85. The second kappa shape index (κ2) is 7.32. The largest absolute Gasteiger partial charge is 0.381 e. The van der Waals surface area contributed by atoms with Crippen molar-refractivity contribution >= 4 is 29.1 Å². The minimum Gasteiger partial charge on any atom is -0.381 e. The monoisotopic (exact) mass is 336 g/mol. The summed E-state index contributed by atoms with van der Waals surface area (Å²) in [5.41, 5.74) is 0.725. The van der Waals surface area contributed by atoms with Gasteiger partial charge in [0, 0.05) is 36.9 Å². The smallest absolute Gasteiger partial charge is 0.243 e. The Balaban J connectivity index is 1.63. The van der Waals surface area contributed by atoms with E-state index >= 15 is 0 Å². The second-order valence-corrected chi connectivity index (χ2v) is 6.53. The second-order valence-electron chi connectivity index (χ2n) is 6.10. The number of halogens is 1. The molecule has 1 N–H and O–H groups in total. The van der Waals surface area contributed by atoms with Crippen molar-refractivity contribution in [1.82, 2.24) is 5.32 Å². The standard InChI is InChI=1S/C17H21ClN2O3/c18-13-1-3-14(4-2-13)20-15(5-6-16(20)21)17(22)19-11-12-7-9-23-10-8-12/h1-4,12,15H,5-11H2,(H,19,22)/t15-/m0/s1. The number of anilines is 1. The zero-order chi connectivity index (χ0) is 16.2. The van der Waals surface area contributed by atoms with Crippen LogP contribution in [0, 0.1) is 5.92 Å². The van der Waals surface area contributed by atoms with E-state index in [0.717, 1.165) is 31.7 Å². The van der Waals surface area contributed by atoms with Gasteiger partial charge in [-0.2, -0.15) is 0 Å². The minimum absolute atomic E-state index is 0.0152. The fourth-order valence-electron chi connectivity index (χ4n) is 3.17. The highest BCUT2D eigenvalue weighted by molar-refractivity contribution is 6.30. The molecule has 1 atom stereocenters. The maximum atomic E-state index is 12.5. The van der Waals surface area contributed by atoms with Gasteiger partial charge in [-0.15, -0.1) is 0 Å². The van der Waals surface area contributed by atoms with Crippen molar-refractivity contribution in [2.75, 3.05) is 24.7 Å². The van der Waals surface area contributed by atoms with Gasteiger partial charge >= 0.3 is 0 Å². The van der Waals surface area contributed by atoms with Crippen molar-refractivity contribution in [2.45, 2.75) is 31.7 Å². The van der Waals surface area contributed by atoms with Crippen molar-refractivity contribution < 1.29 is 14.3 Å². The van der Waals surface area contributed by atoms with Crippen molar-refractivity contribution in [3.05, 3.63) is 29.3 Å². The first-order chi connectivity index (χ1) is 11.1. The van der Waals surface area contributed by atoms with Crippen LogP contribution in [0.3, 0.4) is 0 Å². The number of nitrogens with zero attached hydrogens (tertiary/aromatic N) is 1. The third-order valence-electron chi connectivity index (χ3n) is 4.53. The van der Waals surface area contributed by atoms with Crippen LogP contribution >= 0.6 is 11.6 Å². The van der Waals surface area contributed by atoms with Gasteiger partial charge in [0.2, 0.25) is 11.8 Å². The summed E-state index contributed by atoms with van der Waals surface area (Å²) >= 11 is 5.90. The first kappa shape index (κ1) is 16.3. The van der Waals surface area contributed by atoms with Crippen LogP contribution in [0.25, 0.3) is 0 Å². The van der Waals surface area contributed by atoms with Crippen LogP contribution in [0.4, 0.5) is 5.69 Å². The van der Waals surface area contributed by atoms with Gasteiger partial charge in [-0.3, -0.25) is 14.5 Å². The molecule has 2 saturated heterocycles. The molecule has 3 rings (SSSR count). The number of ether oxygens (including phenoxy) is 1. The van der Waals surface area contributed by atoms with Gasteiger partial charge in [0.05, 0.1) is 0 Å². The van der Waals surface area contributed by atoms with E-state index in [9.17, 15) is 9.59 Å². The number of carbonyl (C=O) groups excluding carboxylic acids is 2. The van der Waals surface area contributed by atoms with Gasteiger partial charge in [-0.05, 0) is 49.4 Å².